The lowest BCUT2D eigenvalue weighted by molar-refractivity contribution is 0.597. The minimum absolute atomic E-state index is 0.636. The molecular weight excluding hydrogens is 262 g/mol. The number of thiophene rings is 1. The van der Waals surface area contributed by atoms with Crippen molar-refractivity contribution in [2.75, 3.05) is 6.54 Å². The number of hydrogen-bond acceptors (Lipinski definition) is 2. The van der Waals surface area contributed by atoms with Gasteiger partial charge in [0.2, 0.25) is 0 Å². The molecule has 106 valence electrons. The zero-order chi connectivity index (χ0) is 13.8. The highest BCUT2D eigenvalue weighted by Gasteiger charge is 2.14. The van der Waals surface area contributed by atoms with Crippen molar-refractivity contribution in [2.45, 2.75) is 45.1 Å². The Kier molecular flexibility index (Phi) is 4.54. The average molecular weight is 285 g/mol. The normalized spacial score (nSPS) is 15.2. The Morgan fingerprint density at radius 3 is 2.85 bits per heavy atom. The number of nitrogens with one attached hydrogen (secondary N) is 1. The minimum Gasteiger partial charge on any atom is -0.312 e. The molecule has 0 spiro atoms. The topological polar surface area (TPSA) is 12.0 Å². The number of rotatable bonds is 6. The molecule has 20 heavy (non-hydrogen) atoms. The second-order valence-corrected chi connectivity index (χ2v) is 7.01. The first-order valence-corrected chi connectivity index (χ1v) is 8.50. The van der Waals surface area contributed by atoms with Gasteiger partial charge >= 0.3 is 0 Å². The first-order valence-electron chi connectivity index (χ1n) is 7.69. The van der Waals surface area contributed by atoms with E-state index in [-0.39, 0.29) is 0 Å². The van der Waals surface area contributed by atoms with Gasteiger partial charge in [-0.05, 0) is 55.3 Å². The summed E-state index contributed by atoms with van der Waals surface area (Å²) in [5, 5.41) is 3.60. The van der Waals surface area contributed by atoms with Crippen molar-refractivity contribution in [1.29, 1.82) is 0 Å². The molecule has 0 radical (unpaired) electrons. The fraction of sp³-hybridized carbons (Fsp3) is 0.444. The van der Waals surface area contributed by atoms with E-state index in [1.54, 1.807) is 10.4 Å². The predicted octanol–water partition coefficient (Wildman–Crippen LogP) is 4.52. The lowest BCUT2D eigenvalue weighted by atomic mass is 9.98. The molecule has 2 aromatic rings. The summed E-state index contributed by atoms with van der Waals surface area (Å²) in [6, 6.07) is 13.2. The Bertz CT molecular complexity index is 522. The monoisotopic (exact) mass is 285 g/mol. The third-order valence-corrected chi connectivity index (χ3v) is 5.46. The quantitative estimate of drug-likeness (QED) is 0.769. The van der Waals surface area contributed by atoms with Gasteiger partial charge in [-0.15, -0.1) is 11.3 Å². The SMILES string of the molecule is CC(CCNCc1cc2c(s1)CCC2)c1ccccc1. The van der Waals surface area contributed by atoms with Gasteiger partial charge in [0.15, 0.2) is 0 Å². The van der Waals surface area contributed by atoms with E-state index in [1.165, 1.54) is 36.1 Å². The highest BCUT2D eigenvalue weighted by atomic mass is 32.1. The van der Waals surface area contributed by atoms with Crippen molar-refractivity contribution in [2.24, 2.45) is 0 Å². The molecule has 3 rings (SSSR count). The van der Waals surface area contributed by atoms with Crippen LogP contribution in [0.3, 0.4) is 0 Å². The summed E-state index contributed by atoms with van der Waals surface area (Å²) in [4.78, 5) is 3.15. The standard InChI is InChI=1S/C18H23NS/c1-14(15-6-3-2-4-7-15)10-11-19-13-17-12-16-8-5-9-18(16)20-17/h2-4,6-7,12,14,19H,5,8-11,13H2,1H3. The first-order chi connectivity index (χ1) is 9.83. The average Bonchev–Trinajstić information content (AvgIpc) is 3.05. The van der Waals surface area contributed by atoms with Gasteiger partial charge in [0.05, 0.1) is 0 Å². The second-order valence-electron chi connectivity index (χ2n) is 5.79. The summed E-state index contributed by atoms with van der Waals surface area (Å²) in [5.41, 5.74) is 3.06. The Morgan fingerprint density at radius 1 is 1.20 bits per heavy atom. The van der Waals surface area contributed by atoms with Crippen molar-refractivity contribution >= 4 is 11.3 Å². The van der Waals surface area contributed by atoms with Gasteiger partial charge in [0.25, 0.3) is 0 Å². The summed E-state index contributed by atoms with van der Waals surface area (Å²) >= 11 is 2.01. The van der Waals surface area contributed by atoms with E-state index in [2.05, 4.69) is 48.6 Å². The fourth-order valence-corrected chi connectivity index (χ4v) is 4.19. The van der Waals surface area contributed by atoms with Gasteiger partial charge in [-0.1, -0.05) is 37.3 Å². The van der Waals surface area contributed by atoms with Gasteiger partial charge in [-0.25, -0.2) is 0 Å². The lowest BCUT2D eigenvalue weighted by Crippen LogP contribution is -2.15. The zero-order valence-electron chi connectivity index (χ0n) is 12.2. The summed E-state index contributed by atoms with van der Waals surface area (Å²) < 4.78 is 0. The Hall–Kier alpha value is -1.12. The maximum absolute atomic E-state index is 3.60. The van der Waals surface area contributed by atoms with Crippen LogP contribution in [0.2, 0.25) is 0 Å². The van der Waals surface area contributed by atoms with Crippen LogP contribution in [0.15, 0.2) is 36.4 Å². The second kappa shape index (κ2) is 6.55. The molecule has 1 aliphatic rings. The molecule has 1 unspecified atom stereocenters. The largest absolute Gasteiger partial charge is 0.312 e. The predicted molar refractivity (Wildman–Crippen MR) is 87.5 cm³/mol. The minimum atomic E-state index is 0.636. The molecule has 0 saturated carbocycles. The first kappa shape index (κ1) is 13.8. The molecule has 0 amide bonds. The van der Waals surface area contributed by atoms with Crippen LogP contribution >= 0.6 is 11.3 Å². The highest BCUT2D eigenvalue weighted by molar-refractivity contribution is 7.12. The molecule has 1 aromatic carbocycles. The smallest absolute Gasteiger partial charge is 0.0299 e. The van der Waals surface area contributed by atoms with Crippen LogP contribution in [-0.4, -0.2) is 6.54 Å². The van der Waals surface area contributed by atoms with Crippen LogP contribution in [-0.2, 0) is 19.4 Å². The van der Waals surface area contributed by atoms with Gasteiger partial charge < -0.3 is 5.32 Å². The van der Waals surface area contributed by atoms with Crippen molar-refractivity contribution < 1.29 is 0 Å². The van der Waals surface area contributed by atoms with E-state index in [0.717, 1.165) is 13.1 Å². The van der Waals surface area contributed by atoms with Crippen LogP contribution in [0.25, 0.3) is 0 Å². The van der Waals surface area contributed by atoms with Crippen molar-refractivity contribution in [1.82, 2.24) is 5.32 Å². The number of fused-ring (bicyclic) bond motifs is 1. The molecule has 0 saturated heterocycles. The molecule has 1 atom stereocenters. The molecule has 1 aromatic heterocycles. The summed E-state index contributed by atoms with van der Waals surface area (Å²) in [7, 11) is 0. The Morgan fingerprint density at radius 2 is 2.05 bits per heavy atom. The molecule has 1 aliphatic carbocycles. The highest BCUT2D eigenvalue weighted by Crippen LogP contribution is 2.30. The van der Waals surface area contributed by atoms with E-state index >= 15 is 0 Å². The molecular formula is C18H23NS. The molecule has 1 nitrogen and oxygen atoms in total. The van der Waals surface area contributed by atoms with Crippen molar-refractivity contribution in [3.05, 3.63) is 57.3 Å². The summed E-state index contributed by atoms with van der Waals surface area (Å²) in [5.74, 6) is 0.636. The van der Waals surface area contributed by atoms with Crippen LogP contribution in [0.5, 0.6) is 0 Å². The Labute approximate surface area is 126 Å². The molecule has 0 bridgehead atoms. The third kappa shape index (κ3) is 3.31. The molecule has 0 aliphatic heterocycles. The number of benzene rings is 1. The molecule has 1 N–H and O–H groups in total. The van der Waals surface area contributed by atoms with Gasteiger partial charge in [-0.2, -0.15) is 0 Å². The van der Waals surface area contributed by atoms with E-state index in [9.17, 15) is 0 Å². The molecule has 0 fully saturated rings. The Balaban J connectivity index is 1.41. The fourth-order valence-electron chi connectivity index (χ4n) is 2.96. The molecule has 2 heteroatoms. The number of hydrogen-bond donors (Lipinski definition) is 1. The third-order valence-electron chi connectivity index (χ3n) is 4.22. The van der Waals surface area contributed by atoms with Crippen molar-refractivity contribution in [3.63, 3.8) is 0 Å². The number of aryl methyl sites for hydroxylation is 2. The summed E-state index contributed by atoms with van der Waals surface area (Å²) in [6.45, 7) is 4.45. The lowest BCUT2D eigenvalue weighted by Gasteiger charge is -2.12. The maximum Gasteiger partial charge on any atom is 0.0299 e. The van der Waals surface area contributed by atoms with Crippen molar-refractivity contribution in [3.8, 4) is 0 Å². The van der Waals surface area contributed by atoms with E-state index in [0.29, 0.717) is 5.92 Å². The van der Waals surface area contributed by atoms with Crippen LogP contribution in [0.1, 0.15) is 46.6 Å². The molecule has 1 heterocycles. The van der Waals surface area contributed by atoms with Crippen LogP contribution in [0.4, 0.5) is 0 Å². The van der Waals surface area contributed by atoms with Crippen LogP contribution < -0.4 is 5.32 Å². The van der Waals surface area contributed by atoms with E-state index in [4.69, 9.17) is 0 Å². The van der Waals surface area contributed by atoms with Crippen LogP contribution in [0, 0.1) is 0 Å². The summed E-state index contributed by atoms with van der Waals surface area (Å²) in [6.07, 6.45) is 5.18. The van der Waals surface area contributed by atoms with E-state index in [1.807, 2.05) is 11.3 Å². The zero-order valence-corrected chi connectivity index (χ0v) is 13.0. The van der Waals surface area contributed by atoms with Gasteiger partial charge in [0, 0.05) is 16.3 Å². The van der Waals surface area contributed by atoms with Gasteiger partial charge in [-0.3, -0.25) is 0 Å². The van der Waals surface area contributed by atoms with E-state index < -0.39 is 0 Å². The maximum atomic E-state index is 3.60. The van der Waals surface area contributed by atoms with Gasteiger partial charge in [0.1, 0.15) is 0 Å².